The van der Waals surface area contributed by atoms with Gasteiger partial charge in [0.15, 0.2) is 5.96 Å². The van der Waals surface area contributed by atoms with E-state index >= 15 is 0 Å². The first-order valence-electron chi connectivity index (χ1n) is 7.85. The van der Waals surface area contributed by atoms with Crippen molar-refractivity contribution in [3.8, 4) is 5.75 Å². The molecule has 0 spiro atoms. The largest absolute Gasteiger partial charge is 0.493 e. The summed E-state index contributed by atoms with van der Waals surface area (Å²) in [4.78, 5) is 4.19. The lowest BCUT2D eigenvalue weighted by molar-refractivity contribution is 0.187. The number of aliphatic imine (C=N–C) groups is 1. The molecule has 0 saturated heterocycles. The summed E-state index contributed by atoms with van der Waals surface area (Å²) in [6.07, 6.45) is -0.0405. The Labute approximate surface area is 140 Å². The van der Waals surface area contributed by atoms with Crippen molar-refractivity contribution in [2.24, 2.45) is 10.7 Å². The summed E-state index contributed by atoms with van der Waals surface area (Å²) in [7, 11) is 0. The van der Waals surface area contributed by atoms with Gasteiger partial charge in [-0.1, -0.05) is 30.3 Å². The molecule has 126 valence electrons. The molecule has 0 amide bonds. The zero-order valence-electron chi connectivity index (χ0n) is 13.2. The maximum absolute atomic E-state index is 12.9. The SMILES string of the molecule is NC(=NC[C@@H](O)c1ccc(F)cc1)NC1CCOc2ccccc21. The third-order valence-corrected chi connectivity index (χ3v) is 3.97. The fraction of sp³-hybridized carbons (Fsp3) is 0.278. The molecule has 1 unspecified atom stereocenters. The highest BCUT2D eigenvalue weighted by atomic mass is 19.1. The van der Waals surface area contributed by atoms with Crippen LogP contribution in [0.4, 0.5) is 4.39 Å². The molecule has 0 aliphatic carbocycles. The molecule has 1 aliphatic heterocycles. The molecular formula is C18H20FN3O2. The van der Waals surface area contributed by atoms with E-state index in [0.717, 1.165) is 17.7 Å². The minimum absolute atomic E-state index is 0.0293. The number of hydrogen-bond donors (Lipinski definition) is 3. The molecule has 2 atom stereocenters. The Kier molecular flexibility index (Phi) is 4.96. The highest BCUT2D eigenvalue weighted by Crippen LogP contribution is 2.31. The van der Waals surface area contributed by atoms with Crippen LogP contribution in [-0.4, -0.2) is 24.2 Å². The molecular weight excluding hydrogens is 309 g/mol. The van der Waals surface area contributed by atoms with Crippen LogP contribution in [0.3, 0.4) is 0 Å². The number of para-hydroxylation sites is 1. The lowest BCUT2D eigenvalue weighted by Gasteiger charge is -2.27. The van der Waals surface area contributed by atoms with Crippen LogP contribution in [0.15, 0.2) is 53.5 Å². The van der Waals surface area contributed by atoms with Crippen LogP contribution >= 0.6 is 0 Å². The number of fused-ring (bicyclic) bond motifs is 1. The van der Waals surface area contributed by atoms with Gasteiger partial charge in [-0.05, 0) is 23.8 Å². The van der Waals surface area contributed by atoms with Crippen molar-refractivity contribution in [3.05, 3.63) is 65.5 Å². The number of benzene rings is 2. The van der Waals surface area contributed by atoms with Crippen molar-refractivity contribution in [2.45, 2.75) is 18.6 Å². The monoisotopic (exact) mass is 329 g/mol. The van der Waals surface area contributed by atoms with Gasteiger partial charge in [0.25, 0.3) is 0 Å². The fourth-order valence-corrected chi connectivity index (χ4v) is 2.69. The first kappa shape index (κ1) is 16.3. The lowest BCUT2D eigenvalue weighted by atomic mass is 10.0. The van der Waals surface area contributed by atoms with E-state index < -0.39 is 6.10 Å². The Hall–Kier alpha value is -2.60. The van der Waals surface area contributed by atoms with Crippen molar-refractivity contribution in [1.82, 2.24) is 5.32 Å². The third kappa shape index (κ3) is 3.83. The maximum atomic E-state index is 12.9. The minimum Gasteiger partial charge on any atom is -0.493 e. The number of ether oxygens (including phenoxy) is 1. The Morgan fingerprint density at radius 2 is 2.04 bits per heavy atom. The van der Waals surface area contributed by atoms with Crippen molar-refractivity contribution >= 4 is 5.96 Å². The summed E-state index contributed by atoms with van der Waals surface area (Å²) < 4.78 is 18.5. The predicted molar refractivity (Wildman–Crippen MR) is 90.3 cm³/mol. The van der Waals surface area contributed by atoms with Gasteiger partial charge in [0.05, 0.1) is 25.3 Å². The second-order valence-corrected chi connectivity index (χ2v) is 5.67. The maximum Gasteiger partial charge on any atom is 0.189 e. The highest BCUT2D eigenvalue weighted by molar-refractivity contribution is 5.78. The molecule has 6 heteroatoms. The van der Waals surface area contributed by atoms with Gasteiger partial charge in [0.2, 0.25) is 0 Å². The molecule has 0 radical (unpaired) electrons. The lowest BCUT2D eigenvalue weighted by Crippen LogP contribution is -2.37. The summed E-state index contributed by atoms with van der Waals surface area (Å²) >= 11 is 0. The number of aliphatic hydroxyl groups is 1. The minimum atomic E-state index is -0.826. The van der Waals surface area contributed by atoms with Gasteiger partial charge in [-0.25, -0.2) is 4.39 Å². The van der Waals surface area contributed by atoms with E-state index in [1.807, 2.05) is 24.3 Å². The van der Waals surface area contributed by atoms with E-state index in [0.29, 0.717) is 12.2 Å². The summed E-state index contributed by atoms with van der Waals surface area (Å²) in [5.41, 5.74) is 7.58. The van der Waals surface area contributed by atoms with Crippen LogP contribution in [0, 0.1) is 5.82 Å². The Bertz CT molecular complexity index is 718. The molecule has 4 N–H and O–H groups in total. The number of nitrogens with one attached hydrogen (secondary N) is 1. The average Bonchev–Trinajstić information content (AvgIpc) is 2.61. The summed E-state index contributed by atoms with van der Waals surface area (Å²) in [6.45, 7) is 0.718. The number of nitrogens with zero attached hydrogens (tertiary/aromatic N) is 1. The predicted octanol–water partition coefficient (Wildman–Crippen LogP) is 2.29. The van der Waals surface area contributed by atoms with E-state index in [-0.39, 0.29) is 24.4 Å². The molecule has 0 aromatic heterocycles. The van der Waals surface area contributed by atoms with Crippen molar-refractivity contribution in [3.63, 3.8) is 0 Å². The summed E-state index contributed by atoms with van der Waals surface area (Å²) in [5.74, 6) is 0.770. The van der Waals surface area contributed by atoms with E-state index in [1.165, 1.54) is 24.3 Å². The topological polar surface area (TPSA) is 79.9 Å². The number of aliphatic hydroxyl groups excluding tert-OH is 1. The van der Waals surface area contributed by atoms with Crippen LogP contribution in [-0.2, 0) is 0 Å². The third-order valence-electron chi connectivity index (χ3n) is 3.97. The van der Waals surface area contributed by atoms with Crippen LogP contribution < -0.4 is 15.8 Å². The second-order valence-electron chi connectivity index (χ2n) is 5.67. The number of nitrogens with two attached hydrogens (primary N) is 1. The standard InChI is InChI=1S/C18H20FN3O2/c19-13-7-5-12(6-8-13)16(23)11-21-18(20)22-15-9-10-24-17-4-2-1-3-14(15)17/h1-8,15-16,23H,9-11H2,(H3,20,21,22)/t15?,16-/m1/s1. The molecule has 1 aliphatic rings. The molecule has 2 aromatic carbocycles. The van der Waals surface area contributed by atoms with Gasteiger partial charge in [-0.2, -0.15) is 0 Å². The van der Waals surface area contributed by atoms with Gasteiger partial charge in [-0.15, -0.1) is 0 Å². The number of hydrogen-bond acceptors (Lipinski definition) is 3. The Morgan fingerprint density at radius 1 is 1.29 bits per heavy atom. The Morgan fingerprint density at radius 3 is 2.83 bits per heavy atom. The molecule has 0 fully saturated rings. The molecule has 24 heavy (non-hydrogen) atoms. The second kappa shape index (κ2) is 7.31. The molecule has 1 heterocycles. The summed E-state index contributed by atoms with van der Waals surface area (Å²) in [6, 6.07) is 13.5. The van der Waals surface area contributed by atoms with Crippen LogP contribution in [0.5, 0.6) is 5.75 Å². The number of rotatable bonds is 4. The molecule has 5 nitrogen and oxygen atoms in total. The quantitative estimate of drug-likeness (QED) is 0.594. The molecule has 2 aromatic rings. The average molecular weight is 329 g/mol. The number of guanidine groups is 1. The van der Waals surface area contributed by atoms with E-state index in [4.69, 9.17) is 10.5 Å². The van der Waals surface area contributed by atoms with Crippen molar-refractivity contribution in [1.29, 1.82) is 0 Å². The molecule has 0 saturated carbocycles. The first-order chi connectivity index (χ1) is 11.6. The smallest absolute Gasteiger partial charge is 0.189 e. The van der Waals surface area contributed by atoms with Gasteiger partial charge in [-0.3, -0.25) is 4.99 Å². The van der Waals surface area contributed by atoms with Gasteiger partial charge >= 0.3 is 0 Å². The van der Waals surface area contributed by atoms with Crippen LogP contribution in [0.2, 0.25) is 0 Å². The molecule has 0 bridgehead atoms. The fourth-order valence-electron chi connectivity index (χ4n) is 2.69. The van der Waals surface area contributed by atoms with E-state index in [1.54, 1.807) is 0 Å². The first-order valence-corrected chi connectivity index (χ1v) is 7.85. The van der Waals surface area contributed by atoms with Gasteiger partial charge < -0.3 is 20.9 Å². The van der Waals surface area contributed by atoms with Crippen molar-refractivity contribution in [2.75, 3.05) is 13.2 Å². The van der Waals surface area contributed by atoms with Crippen molar-refractivity contribution < 1.29 is 14.2 Å². The van der Waals surface area contributed by atoms with Gasteiger partial charge in [0.1, 0.15) is 11.6 Å². The van der Waals surface area contributed by atoms with Crippen LogP contribution in [0.1, 0.15) is 29.7 Å². The van der Waals surface area contributed by atoms with E-state index in [2.05, 4.69) is 10.3 Å². The normalized spacial score (nSPS) is 18.4. The summed E-state index contributed by atoms with van der Waals surface area (Å²) in [5, 5.41) is 13.3. The van der Waals surface area contributed by atoms with Gasteiger partial charge in [0, 0.05) is 12.0 Å². The van der Waals surface area contributed by atoms with E-state index in [9.17, 15) is 9.50 Å². The Balaban J connectivity index is 1.62. The highest BCUT2D eigenvalue weighted by Gasteiger charge is 2.21. The van der Waals surface area contributed by atoms with Crippen LogP contribution in [0.25, 0.3) is 0 Å². The zero-order chi connectivity index (χ0) is 16.9. The zero-order valence-corrected chi connectivity index (χ0v) is 13.2. The number of halogens is 1. The molecule has 3 rings (SSSR count).